The van der Waals surface area contributed by atoms with Gasteiger partial charge >= 0.3 is 0 Å². The molecule has 0 atom stereocenters. The van der Waals surface area contributed by atoms with Crippen molar-refractivity contribution in [3.05, 3.63) is 12.0 Å². The minimum atomic E-state index is -0.402. The van der Waals surface area contributed by atoms with Crippen molar-refractivity contribution < 1.29 is 4.39 Å². The summed E-state index contributed by atoms with van der Waals surface area (Å²) in [6, 6.07) is 0. The van der Waals surface area contributed by atoms with E-state index in [2.05, 4.69) is 34.4 Å². The lowest BCUT2D eigenvalue weighted by molar-refractivity contribution is 0.485. The molecule has 0 aliphatic heterocycles. The van der Waals surface area contributed by atoms with Crippen molar-refractivity contribution >= 4 is 11.8 Å². The zero-order valence-corrected chi connectivity index (χ0v) is 10.5. The maximum Gasteiger partial charge on any atom is 0.224 e. The number of aromatic nitrogens is 2. The first-order valence-electron chi connectivity index (χ1n) is 6.07. The van der Waals surface area contributed by atoms with Gasteiger partial charge in [0.1, 0.15) is 0 Å². The highest BCUT2D eigenvalue weighted by Crippen LogP contribution is 2.41. The Labute approximate surface area is 101 Å². The standard InChI is InChI=1S/C12H19FN4/c1-4-14-11-15-7-9(13)10(16-11)17-12(2,3)8-5-6-8/h7-8H,4-6H2,1-3H3,(H2,14,15,16,17). The average Bonchev–Trinajstić information content (AvgIpc) is 3.07. The van der Waals surface area contributed by atoms with Crippen LogP contribution in [0.3, 0.4) is 0 Å². The fraction of sp³-hybridized carbons (Fsp3) is 0.667. The van der Waals surface area contributed by atoms with Crippen molar-refractivity contribution in [3.8, 4) is 0 Å². The van der Waals surface area contributed by atoms with Crippen LogP contribution in [0.5, 0.6) is 0 Å². The van der Waals surface area contributed by atoms with Crippen molar-refractivity contribution in [1.82, 2.24) is 9.97 Å². The normalized spacial score (nSPS) is 15.8. The summed E-state index contributed by atoms with van der Waals surface area (Å²) in [5, 5.41) is 6.16. The van der Waals surface area contributed by atoms with E-state index in [9.17, 15) is 4.39 Å². The molecule has 5 heteroatoms. The molecule has 0 radical (unpaired) electrons. The third-order valence-corrected chi connectivity index (χ3v) is 3.12. The van der Waals surface area contributed by atoms with Crippen LogP contribution in [-0.2, 0) is 0 Å². The molecule has 0 amide bonds. The molecule has 17 heavy (non-hydrogen) atoms. The summed E-state index contributed by atoms with van der Waals surface area (Å²) in [6.45, 7) is 6.84. The van der Waals surface area contributed by atoms with Crippen LogP contribution in [0.2, 0.25) is 0 Å². The van der Waals surface area contributed by atoms with Gasteiger partial charge in [-0.1, -0.05) is 0 Å². The van der Waals surface area contributed by atoms with Crippen LogP contribution < -0.4 is 10.6 Å². The molecule has 2 rings (SSSR count). The van der Waals surface area contributed by atoms with Gasteiger partial charge in [-0.3, -0.25) is 0 Å². The van der Waals surface area contributed by atoms with Gasteiger partial charge < -0.3 is 10.6 Å². The third kappa shape index (κ3) is 2.84. The largest absolute Gasteiger partial charge is 0.362 e. The molecule has 0 unspecified atom stereocenters. The lowest BCUT2D eigenvalue weighted by Gasteiger charge is -2.27. The molecule has 4 nitrogen and oxygen atoms in total. The van der Waals surface area contributed by atoms with Crippen molar-refractivity contribution in [1.29, 1.82) is 0 Å². The molecular formula is C12H19FN4. The maximum atomic E-state index is 13.6. The summed E-state index contributed by atoms with van der Waals surface area (Å²) in [4.78, 5) is 8.03. The Morgan fingerprint density at radius 3 is 2.76 bits per heavy atom. The van der Waals surface area contributed by atoms with Crippen LogP contribution in [0.15, 0.2) is 6.20 Å². The Balaban J connectivity index is 2.15. The van der Waals surface area contributed by atoms with Gasteiger partial charge in [0.25, 0.3) is 0 Å². The Morgan fingerprint density at radius 1 is 1.47 bits per heavy atom. The molecule has 1 aliphatic carbocycles. The second-order valence-electron chi connectivity index (χ2n) is 5.04. The molecule has 0 spiro atoms. The molecule has 0 saturated heterocycles. The quantitative estimate of drug-likeness (QED) is 0.828. The van der Waals surface area contributed by atoms with Crippen molar-refractivity contribution in [3.63, 3.8) is 0 Å². The van der Waals surface area contributed by atoms with E-state index in [1.54, 1.807) is 0 Å². The fourth-order valence-corrected chi connectivity index (χ4v) is 1.91. The zero-order chi connectivity index (χ0) is 12.5. The Bertz CT molecular complexity index is 401. The molecule has 0 aromatic carbocycles. The smallest absolute Gasteiger partial charge is 0.224 e. The van der Waals surface area contributed by atoms with Crippen LogP contribution in [0.4, 0.5) is 16.2 Å². The topological polar surface area (TPSA) is 49.8 Å². The summed E-state index contributed by atoms with van der Waals surface area (Å²) < 4.78 is 13.6. The van der Waals surface area contributed by atoms with Crippen LogP contribution in [0, 0.1) is 11.7 Å². The molecule has 1 saturated carbocycles. The highest BCUT2D eigenvalue weighted by Gasteiger charge is 2.38. The number of anilines is 2. The first-order valence-corrected chi connectivity index (χ1v) is 6.07. The van der Waals surface area contributed by atoms with E-state index in [0.717, 1.165) is 6.54 Å². The molecule has 1 fully saturated rings. The Hall–Kier alpha value is -1.39. The first-order chi connectivity index (χ1) is 8.03. The van der Waals surface area contributed by atoms with Gasteiger partial charge in [-0.15, -0.1) is 0 Å². The van der Waals surface area contributed by atoms with Gasteiger partial charge in [0, 0.05) is 12.1 Å². The van der Waals surface area contributed by atoms with Crippen LogP contribution in [0.1, 0.15) is 33.6 Å². The monoisotopic (exact) mass is 238 g/mol. The summed E-state index contributed by atoms with van der Waals surface area (Å²) >= 11 is 0. The third-order valence-electron chi connectivity index (χ3n) is 3.12. The molecular weight excluding hydrogens is 219 g/mol. The summed E-state index contributed by atoms with van der Waals surface area (Å²) in [7, 11) is 0. The van der Waals surface area contributed by atoms with E-state index in [0.29, 0.717) is 11.9 Å². The van der Waals surface area contributed by atoms with E-state index in [4.69, 9.17) is 0 Å². The van der Waals surface area contributed by atoms with E-state index in [1.807, 2.05) is 6.92 Å². The lowest BCUT2D eigenvalue weighted by Crippen LogP contribution is -2.34. The average molecular weight is 238 g/mol. The maximum absolute atomic E-state index is 13.6. The van der Waals surface area contributed by atoms with Crippen molar-refractivity contribution in [2.24, 2.45) is 5.92 Å². The number of hydrogen-bond donors (Lipinski definition) is 2. The first kappa shape index (κ1) is 12.1. The predicted octanol–water partition coefficient (Wildman–Crippen LogP) is 2.65. The lowest BCUT2D eigenvalue weighted by atomic mass is 9.99. The van der Waals surface area contributed by atoms with Crippen molar-refractivity contribution in [2.75, 3.05) is 17.2 Å². The number of hydrogen-bond acceptors (Lipinski definition) is 4. The molecule has 0 bridgehead atoms. The van der Waals surface area contributed by atoms with Gasteiger partial charge in [0.2, 0.25) is 5.95 Å². The summed E-state index contributed by atoms with van der Waals surface area (Å²) in [6.07, 6.45) is 3.61. The highest BCUT2D eigenvalue weighted by molar-refractivity contribution is 5.43. The van der Waals surface area contributed by atoms with Gasteiger partial charge in [-0.05, 0) is 39.5 Å². The predicted molar refractivity (Wildman–Crippen MR) is 66.6 cm³/mol. The Kier molecular flexibility index (Phi) is 3.17. The van der Waals surface area contributed by atoms with E-state index in [-0.39, 0.29) is 11.4 Å². The van der Waals surface area contributed by atoms with Gasteiger partial charge in [-0.2, -0.15) is 4.98 Å². The van der Waals surface area contributed by atoms with Crippen LogP contribution >= 0.6 is 0 Å². The zero-order valence-electron chi connectivity index (χ0n) is 10.5. The van der Waals surface area contributed by atoms with Gasteiger partial charge in [0.15, 0.2) is 11.6 Å². The van der Waals surface area contributed by atoms with E-state index >= 15 is 0 Å². The molecule has 1 aromatic rings. The molecule has 2 N–H and O–H groups in total. The van der Waals surface area contributed by atoms with Gasteiger partial charge in [-0.25, -0.2) is 9.37 Å². The highest BCUT2D eigenvalue weighted by atomic mass is 19.1. The van der Waals surface area contributed by atoms with Crippen LogP contribution in [-0.4, -0.2) is 22.1 Å². The summed E-state index contributed by atoms with van der Waals surface area (Å²) in [5.74, 6) is 0.954. The minimum absolute atomic E-state index is 0.112. The summed E-state index contributed by atoms with van der Waals surface area (Å²) in [5.41, 5.74) is -0.112. The number of halogens is 1. The minimum Gasteiger partial charge on any atom is -0.362 e. The Morgan fingerprint density at radius 2 is 2.18 bits per heavy atom. The molecule has 94 valence electrons. The number of rotatable bonds is 5. The van der Waals surface area contributed by atoms with Crippen molar-refractivity contribution in [2.45, 2.75) is 39.2 Å². The molecule has 1 heterocycles. The second-order valence-corrected chi connectivity index (χ2v) is 5.04. The van der Waals surface area contributed by atoms with Crippen LogP contribution in [0.25, 0.3) is 0 Å². The number of nitrogens with zero attached hydrogens (tertiary/aromatic N) is 2. The fourth-order valence-electron chi connectivity index (χ4n) is 1.91. The molecule has 1 aromatic heterocycles. The van der Waals surface area contributed by atoms with Gasteiger partial charge in [0.05, 0.1) is 6.20 Å². The van der Waals surface area contributed by atoms with E-state index < -0.39 is 5.82 Å². The second kappa shape index (κ2) is 4.47. The number of nitrogens with one attached hydrogen (secondary N) is 2. The molecule has 1 aliphatic rings. The SMILES string of the molecule is CCNc1ncc(F)c(NC(C)(C)C2CC2)n1. The van der Waals surface area contributed by atoms with E-state index in [1.165, 1.54) is 19.0 Å².